The topological polar surface area (TPSA) is 65.1 Å². The van der Waals surface area contributed by atoms with Crippen LogP contribution in [0.15, 0.2) is 48.2 Å². The van der Waals surface area contributed by atoms with Crippen LogP contribution in [0.25, 0.3) is 21.1 Å². The van der Waals surface area contributed by atoms with Crippen molar-refractivity contribution < 1.29 is 4.79 Å². The van der Waals surface area contributed by atoms with Crippen LogP contribution in [0.1, 0.15) is 23.2 Å². The number of nitrogens with one attached hydrogen (secondary N) is 1. The minimum absolute atomic E-state index is 0.180. The second kappa shape index (κ2) is 6.04. The summed E-state index contributed by atoms with van der Waals surface area (Å²) in [5, 5.41) is 4.14. The zero-order chi connectivity index (χ0) is 18.7. The third-order valence-electron chi connectivity index (χ3n) is 6.06. The molecule has 5 heterocycles. The fraction of sp³-hybridized carbons (Fsp3) is 0.286. The fourth-order valence-electron chi connectivity index (χ4n) is 4.80. The molecule has 7 heteroatoms. The smallest absolute Gasteiger partial charge is 0.255 e. The molecule has 1 N–H and O–H groups in total. The van der Waals surface area contributed by atoms with Crippen molar-refractivity contribution in [2.45, 2.75) is 24.9 Å². The Morgan fingerprint density at radius 1 is 1.07 bits per heavy atom. The van der Waals surface area contributed by atoms with E-state index in [9.17, 15) is 4.79 Å². The number of piperazine rings is 1. The van der Waals surface area contributed by atoms with Gasteiger partial charge in [0.15, 0.2) is 0 Å². The highest BCUT2D eigenvalue weighted by Crippen LogP contribution is 2.36. The highest BCUT2D eigenvalue weighted by Gasteiger charge is 2.43. The molecule has 3 aromatic heterocycles. The molecule has 0 aliphatic carbocycles. The van der Waals surface area contributed by atoms with Gasteiger partial charge in [-0.05, 0) is 25.0 Å². The van der Waals surface area contributed by atoms with Gasteiger partial charge in [-0.3, -0.25) is 4.79 Å². The predicted octanol–water partition coefficient (Wildman–Crippen LogP) is 3.67. The number of nitrogens with zero attached hydrogens (tertiary/aromatic N) is 4. The van der Waals surface area contributed by atoms with Crippen molar-refractivity contribution in [1.82, 2.24) is 19.9 Å². The van der Waals surface area contributed by atoms with E-state index < -0.39 is 0 Å². The molecule has 2 atom stereocenters. The summed E-state index contributed by atoms with van der Waals surface area (Å²) >= 11 is 1.65. The normalized spacial score (nSPS) is 21.7. The molecule has 0 radical (unpaired) electrons. The van der Waals surface area contributed by atoms with Crippen LogP contribution in [-0.2, 0) is 0 Å². The predicted molar refractivity (Wildman–Crippen MR) is 111 cm³/mol. The zero-order valence-corrected chi connectivity index (χ0v) is 16.0. The van der Waals surface area contributed by atoms with Crippen LogP contribution >= 0.6 is 11.3 Å². The molecule has 2 bridgehead atoms. The number of fused-ring (bicyclic) bond motifs is 4. The van der Waals surface area contributed by atoms with Crippen LogP contribution in [-0.4, -0.2) is 50.9 Å². The van der Waals surface area contributed by atoms with Crippen molar-refractivity contribution in [3.63, 3.8) is 0 Å². The number of H-pyrrole nitrogens is 1. The van der Waals surface area contributed by atoms with Gasteiger partial charge in [-0.15, -0.1) is 11.3 Å². The minimum Gasteiger partial charge on any atom is -0.352 e. The lowest BCUT2D eigenvalue weighted by Gasteiger charge is -2.41. The zero-order valence-electron chi connectivity index (χ0n) is 15.2. The Morgan fingerprint density at radius 3 is 2.75 bits per heavy atom. The number of benzene rings is 1. The SMILES string of the molecule is O=C(c1csc2ccccc12)N1C2CCC1CN(c1ncnc3[nH]ccc13)C2. The average Bonchev–Trinajstić information content (AvgIpc) is 3.43. The maximum atomic E-state index is 13.4. The number of hydrogen-bond acceptors (Lipinski definition) is 5. The maximum absolute atomic E-state index is 13.4. The molecule has 4 aromatic rings. The van der Waals surface area contributed by atoms with Crippen LogP contribution in [0.3, 0.4) is 0 Å². The molecule has 140 valence electrons. The quantitative estimate of drug-likeness (QED) is 0.568. The molecule has 2 aliphatic heterocycles. The van der Waals surface area contributed by atoms with E-state index in [-0.39, 0.29) is 18.0 Å². The molecular formula is C21H19N5OS. The first-order chi connectivity index (χ1) is 13.8. The van der Waals surface area contributed by atoms with E-state index >= 15 is 0 Å². The molecule has 2 saturated heterocycles. The van der Waals surface area contributed by atoms with E-state index in [1.165, 1.54) is 4.70 Å². The Kier molecular flexibility index (Phi) is 3.46. The van der Waals surface area contributed by atoms with Crippen LogP contribution in [0.5, 0.6) is 0 Å². The van der Waals surface area contributed by atoms with Crippen LogP contribution in [0, 0.1) is 0 Å². The number of anilines is 1. The fourth-order valence-corrected chi connectivity index (χ4v) is 5.74. The molecule has 2 aliphatic rings. The van der Waals surface area contributed by atoms with E-state index in [0.29, 0.717) is 0 Å². The lowest BCUT2D eigenvalue weighted by atomic mass is 10.1. The number of thiophene rings is 1. The molecule has 2 fully saturated rings. The number of carbonyl (C=O) groups excluding carboxylic acids is 1. The van der Waals surface area contributed by atoms with Gasteiger partial charge in [0.2, 0.25) is 0 Å². The lowest BCUT2D eigenvalue weighted by Crippen LogP contribution is -2.56. The van der Waals surface area contributed by atoms with E-state index in [4.69, 9.17) is 0 Å². The molecule has 1 amide bonds. The van der Waals surface area contributed by atoms with Gasteiger partial charge in [0.1, 0.15) is 17.8 Å². The lowest BCUT2D eigenvalue weighted by molar-refractivity contribution is 0.0644. The number of aromatic nitrogens is 3. The summed E-state index contributed by atoms with van der Waals surface area (Å²) in [6.45, 7) is 1.64. The second-order valence-electron chi connectivity index (χ2n) is 7.59. The van der Waals surface area contributed by atoms with Crippen LogP contribution in [0.4, 0.5) is 5.82 Å². The standard InChI is InChI=1S/C21H19N5OS/c27-21(17-11-28-18-4-2-1-3-15(17)18)26-13-5-6-14(26)10-25(9-13)20-16-7-8-22-19(16)23-12-24-20/h1-4,7-8,11-14H,5-6,9-10H2,(H,22,23,24). The summed E-state index contributed by atoms with van der Waals surface area (Å²) in [5.74, 6) is 1.15. The number of amides is 1. The van der Waals surface area contributed by atoms with Gasteiger partial charge in [0.05, 0.1) is 23.0 Å². The van der Waals surface area contributed by atoms with Crippen LogP contribution < -0.4 is 4.90 Å². The largest absolute Gasteiger partial charge is 0.352 e. The van der Waals surface area contributed by atoms with Crippen LogP contribution in [0.2, 0.25) is 0 Å². The Hall–Kier alpha value is -2.93. The summed E-state index contributed by atoms with van der Waals surface area (Å²) in [4.78, 5) is 29.9. The highest BCUT2D eigenvalue weighted by molar-refractivity contribution is 7.17. The van der Waals surface area contributed by atoms with Crippen molar-refractivity contribution in [2.24, 2.45) is 0 Å². The first kappa shape index (κ1) is 16.1. The molecule has 1 aromatic carbocycles. The number of hydrogen-bond donors (Lipinski definition) is 1. The highest BCUT2D eigenvalue weighted by atomic mass is 32.1. The van der Waals surface area contributed by atoms with Gasteiger partial charge < -0.3 is 14.8 Å². The number of aromatic amines is 1. The third-order valence-corrected chi connectivity index (χ3v) is 7.02. The summed E-state index contributed by atoms with van der Waals surface area (Å²) in [6, 6.07) is 10.7. The maximum Gasteiger partial charge on any atom is 0.255 e. The third kappa shape index (κ3) is 2.29. The molecule has 6 rings (SSSR count). The Morgan fingerprint density at radius 2 is 1.89 bits per heavy atom. The molecular weight excluding hydrogens is 370 g/mol. The van der Waals surface area contributed by atoms with Gasteiger partial charge in [-0.2, -0.15) is 0 Å². The Labute approximate surface area is 165 Å². The Balaban J connectivity index is 1.32. The van der Waals surface area contributed by atoms with E-state index in [1.807, 2.05) is 29.8 Å². The number of rotatable bonds is 2. The molecule has 0 saturated carbocycles. The summed E-state index contributed by atoms with van der Waals surface area (Å²) in [6.07, 6.45) is 5.62. The van der Waals surface area contributed by atoms with Crippen molar-refractivity contribution in [1.29, 1.82) is 0 Å². The first-order valence-electron chi connectivity index (χ1n) is 9.61. The van der Waals surface area contributed by atoms with Gasteiger partial charge in [-0.25, -0.2) is 9.97 Å². The monoisotopic (exact) mass is 389 g/mol. The van der Waals surface area contributed by atoms with Gasteiger partial charge >= 0.3 is 0 Å². The number of carbonyl (C=O) groups is 1. The van der Waals surface area contributed by atoms with Gasteiger partial charge in [0.25, 0.3) is 5.91 Å². The molecule has 2 unspecified atom stereocenters. The Bertz CT molecular complexity index is 1180. The summed E-state index contributed by atoms with van der Waals surface area (Å²) < 4.78 is 1.17. The van der Waals surface area contributed by atoms with E-state index in [0.717, 1.165) is 53.7 Å². The van der Waals surface area contributed by atoms with Crippen molar-refractivity contribution in [2.75, 3.05) is 18.0 Å². The van der Waals surface area contributed by atoms with Crippen molar-refractivity contribution >= 4 is 44.2 Å². The minimum atomic E-state index is 0.180. The molecule has 0 spiro atoms. The summed E-state index contributed by atoms with van der Waals surface area (Å²) in [7, 11) is 0. The average molecular weight is 389 g/mol. The first-order valence-corrected chi connectivity index (χ1v) is 10.5. The van der Waals surface area contributed by atoms with E-state index in [1.54, 1.807) is 17.7 Å². The van der Waals surface area contributed by atoms with Crippen molar-refractivity contribution in [3.05, 3.63) is 53.8 Å². The van der Waals surface area contributed by atoms with Gasteiger partial charge in [-0.1, -0.05) is 18.2 Å². The summed E-state index contributed by atoms with van der Waals surface area (Å²) in [5.41, 5.74) is 1.71. The molecule has 6 nitrogen and oxygen atoms in total. The molecule has 28 heavy (non-hydrogen) atoms. The van der Waals surface area contributed by atoms with Crippen molar-refractivity contribution in [3.8, 4) is 0 Å². The van der Waals surface area contributed by atoms with Gasteiger partial charge in [0, 0.05) is 34.8 Å². The second-order valence-corrected chi connectivity index (χ2v) is 8.50. The van der Waals surface area contributed by atoms with E-state index in [2.05, 4.69) is 36.9 Å².